The highest BCUT2D eigenvalue weighted by Crippen LogP contribution is 2.65. The molecule has 1 spiro atoms. The summed E-state index contributed by atoms with van der Waals surface area (Å²) in [4.78, 5) is 2.51. The third kappa shape index (κ3) is 5.76. The van der Waals surface area contributed by atoms with Gasteiger partial charge in [0.1, 0.15) is 0 Å². The van der Waals surface area contributed by atoms with E-state index in [2.05, 4.69) is 301 Å². The molecule has 1 heterocycles. The molecule has 12 aromatic carbocycles. The second-order valence-electron chi connectivity index (χ2n) is 20.6. The number of para-hydroxylation sites is 2. The van der Waals surface area contributed by atoms with Crippen LogP contribution in [0.4, 0.5) is 17.1 Å². The minimum absolute atomic E-state index is 0.467. The number of aromatic nitrogens is 1. The highest BCUT2D eigenvalue weighted by molar-refractivity contribution is 6.09. The molecule has 0 saturated heterocycles. The number of fused-ring (bicyclic) bond motifs is 16. The summed E-state index contributed by atoms with van der Waals surface area (Å²) < 4.78 is 2.38. The van der Waals surface area contributed by atoms with Crippen molar-refractivity contribution >= 4 is 38.9 Å². The summed E-state index contributed by atoms with van der Waals surface area (Å²) in [5.74, 6) is 0. The van der Waals surface area contributed by atoms with Crippen LogP contribution >= 0.6 is 0 Å². The van der Waals surface area contributed by atoms with E-state index in [0.717, 1.165) is 28.3 Å². The van der Waals surface area contributed by atoms with Crippen LogP contribution in [0.5, 0.6) is 0 Å². The van der Waals surface area contributed by atoms with Crippen LogP contribution in [0.2, 0.25) is 0 Å². The van der Waals surface area contributed by atoms with Crippen LogP contribution in [0.25, 0.3) is 72.0 Å². The lowest BCUT2D eigenvalue weighted by Crippen LogP contribution is -2.28. The van der Waals surface area contributed by atoms with E-state index in [1.54, 1.807) is 0 Å². The van der Waals surface area contributed by atoms with Gasteiger partial charge in [0.25, 0.3) is 0 Å². The molecule has 0 fully saturated rings. The van der Waals surface area contributed by atoms with E-state index in [0.29, 0.717) is 0 Å². The van der Waals surface area contributed by atoms with Gasteiger partial charge in [-0.15, -0.1) is 0 Å². The van der Waals surface area contributed by atoms with Gasteiger partial charge in [0.2, 0.25) is 0 Å². The molecule has 2 heteroatoms. The molecule has 0 aliphatic heterocycles. The van der Waals surface area contributed by atoms with Crippen molar-refractivity contribution in [3.8, 4) is 50.2 Å². The first-order chi connectivity index (χ1) is 37.7. The van der Waals surface area contributed by atoms with Crippen molar-refractivity contribution in [3.05, 3.63) is 336 Å². The summed E-state index contributed by atoms with van der Waals surface area (Å²) in [5, 5.41) is 2.53. The second kappa shape index (κ2) is 16.4. The number of anilines is 3. The van der Waals surface area contributed by atoms with E-state index in [-0.39, 0.29) is 0 Å². The number of hydrogen-bond acceptors (Lipinski definition) is 1. The summed E-state index contributed by atoms with van der Waals surface area (Å²) in [6.45, 7) is 0. The minimum Gasteiger partial charge on any atom is -0.310 e. The molecule has 1 aromatic heterocycles. The van der Waals surface area contributed by atoms with Gasteiger partial charge in [-0.1, -0.05) is 237 Å². The lowest BCUT2D eigenvalue weighted by atomic mass is 9.68. The molecule has 0 bridgehead atoms. The SMILES string of the molecule is c1ccc(C2(c3ccc(N(c4ccc(-c5ccc(-n6c7ccccc7c7ccccc76)cc5)cc4)c4cccc5c4-c4ccccc4C54c5ccccc5-c5ccccc54)cc3)c3ccccc3-c3ccccc32)cc1. The Bertz CT molecular complexity index is 4300. The lowest BCUT2D eigenvalue weighted by molar-refractivity contribution is 0.768. The Morgan fingerprint density at radius 1 is 0.263 bits per heavy atom. The van der Waals surface area contributed by atoms with Gasteiger partial charge in [-0.05, 0) is 138 Å². The zero-order valence-corrected chi connectivity index (χ0v) is 41.6. The van der Waals surface area contributed by atoms with E-state index >= 15 is 0 Å². The lowest BCUT2D eigenvalue weighted by Gasteiger charge is -2.35. The molecule has 16 rings (SSSR count). The first kappa shape index (κ1) is 42.7. The van der Waals surface area contributed by atoms with Crippen molar-refractivity contribution in [1.29, 1.82) is 0 Å². The van der Waals surface area contributed by atoms with Gasteiger partial charge >= 0.3 is 0 Å². The fraction of sp³-hybridized carbons (Fsp3) is 0.0270. The highest BCUT2D eigenvalue weighted by Gasteiger charge is 2.52. The Morgan fingerprint density at radius 3 is 1.17 bits per heavy atom. The number of nitrogens with zero attached hydrogens (tertiary/aromatic N) is 2. The van der Waals surface area contributed by atoms with Crippen molar-refractivity contribution < 1.29 is 0 Å². The van der Waals surface area contributed by atoms with Crippen LogP contribution in [-0.4, -0.2) is 4.57 Å². The van der Waals surface area contributed by atoms with E-state index < -0.39 is 10.8 Å². The molecular formula is C74H48N2. The molecule has 0 N–H and O–H groups in total. The van der Waals surface area contributed by atoms with Crippen molar-refractivity contribution in [1.82, 2.24) is 4.57 Å². The Kier molecular flexibility index (Phi) is 9.20. The largest absolute Gasteiger partial charge is 0.310 e. The number of benzene rings is 12. The van der Waals surface area contributed by atoms with Crippen molar-refractivity contribution in [3.63, 3.8) is 0 Å². The molecule has 3 aliphatic rings. The van der Waals surface area contributed by atoms with Gasteiger partial charge in [-0.2, -0.15) is 0 Å². The predicted molar refractivity (Wildman–Crippen MR) is 315 cm³/mol. The van der Waals surface area contributed by atoms with Gasteiger partial charge in [-0.25, -0.2) is 0 Å². The van der Waals surface area contributed by atoms with Crippen molar-refractivity contribution in [2.24, 2.45) is 0 Å². The smallest absolute Gasteiger partial charge is 0.0726 e. The standard InChI is InChI=1S/C74H48N2/c1-2-19-51(20-3-1)73(63-28-11-4-21-56(63)57-22-5-12-29-64(57)73)52-41-47-54(48-42-52)75(53-43-37-49(38-44-53)50-39-45-55(46-40-50)76-69-34-16-9-25-60(69)61-26-10-17-35-70(61)76)71-36-18-33-68-72(71)62-27-8-15-32-67(62)74(68)65-30-13-6-23-58(65)59-24-7-14-31-66(59)74/h1-48H. The molecule has 2 nitrogen and oxygen atoms in total. The van der Waals surface area contributed by atoms with Gasteiger partial charge in [0.15, 0.2) is 0 Å². The molecule has 0 saturated carbocycles. The fourth-order valence-electron chi connectivity index (χ4n) is 14.1. The van der Waals surface area contributed by atoms with Crippen LogP contribution in [0, 0.1) is 0 Å². The third-order valence-corrected chi connectivity index (χ3v) is 17.1. The van der Waals surface area contributed by atoms with Crippen LogP contribution in [-0.2, 0) is 10.8 Å². The summed E-state index contributed by atoms with van der Waals surface area (Å²) in [6, 6.07) is 109. The van der Waals surface area contributed by atoms with E-state index in [4.69, 9.17) is 0 Å². The average Bonchev–Trinajstić information content (AvgIpc) is 4.25. The normalized spacial score (nSPS) is 13.7. The van der Waals surface area contributed by atoms with Crippen LogP contribution < -0.4 is 4.90 Å². The number of hydrogen-bond donors (Lipinski definition) is 0. The Hall–Kier alpha value is -9.76. The van der Waals surface area contributed by atoms with Crippen LogP contribution in [0.3, 0.4) is 0 Å². The van der Waals surface area contributed by atoms with Gasteiger partial charge in [0, 0.05) is 33.4 Å². The van der Waals surface area contributed by atoms with E-state index in [1.807, 2.05) is 0 Å². The topological polar surface area (TPSA) is 8.17 Å². The fourth-order valence-corrected chi connectivity index (χ4v) is 14.1. The maximum Gasteiger partial charge on any atom is 0.0726 e. The van der Waals surface area contributed by atoms with Gasteiger partial charge < -0.3 is 9.47 Å². The summed E-state index contributed by atoms with van der Waals surface area (Å²) in [7, 11) is 0. The molecular weight excluding hydrogens is 917 g/mol. The molecule has 3 aliphatic carbocycles. The average molecular weight is 965 g/mol. The zero-order chi connectivity index (χ0) is 50.0. The zero-order valence-electron chi connectivity index (χ0n) is 41.6. The summed E-state index contributed by atoms with van der Waals surface area (Å²) >= 11 is 0. The minimum atomic E-state index is -0.501. The number of rotatable bonds is 7. The van der Waals surface area contributed by atoms with E-state index in [1.165, 1.54) is 105 Å². The third-order valence-electron chi connectivity index (χ3n) is 17.1. The quantitative estimate of drug-likeness (QED) is 0.155. The molecule has 354 valence electrons. The van der Waals surface area contributed by atoms with Crippen molar-refractivity contribution in [2.75, 3.05) is 4.90 Å². The van der Waals surface area contributed by atoms with Crippen LogP contribution in [0.1, 0.15) is 44.5 Å². The summed E-state index contributed by atoms with van der Waals surface area (Å²) in [6.07, 6.45) is 0. The molecule has 0 amide bonds. The first-order valence-corrected chi connectivity index (χ1v) is 26.5. The second-order valence-corrected chi connectivity index (χ2v) is 20.6. The van der Waals surface area contributed by atoms with Gasteiger partial charge in [0.05, 0.1) is 27.6 Å². The maximum atomic E-state index is 2.51. The van der Waals surface area contributed by atoms with Crippen LogP contribution in [0.15, 0.2) is 291 Å². The maximum absolute atomic E-state index is 2.51. The predicted octanol–water partition coefficient (Wildman–Crippen LogP) is 18.6. The Morgan fingerprint density at radius 2 is 0.645 bits per heavy atom. The molecule has 0 radical (unpaired) electrons. The molecule has 0 unspecified atom stereocenters. The molecule has 0 atom stereocenters. The van der Waals surface area contributed by atoms with E-state index in [9.17, 15) is 0 Å². The monoisotopic (exact) mass is 964 g/mol. The summed E-state index contributed by atoms with van der Waals surface area (Å²) in [5.41, 5.74) is 26.4. The molecule has 13 aromatic rings. The highest BCUT2D eigenvalue weighted by atomic mass is 15.1. The Balaban J connectivity index is 0.876. The first-order valence-electron chi connectivity index (χ1n) is 26.5. The molecule has 76 heavy (non-hydrogen) atoms. The van der Waals surface area contributed by atoms with Gasteiger partial charge in [-0.3, -0.25) is 0 Å². The Labute approximate surface area is 442 Å². The van der Waals surface area contributed by atoms with Crippen molar-refractivity contribution in [2.45, 2.75) is 10.8 Å².